The van der Waals surface area contributed by atoms with E-state index in [0.717, 1.165) is 16.3 Å². The number of hydrogen-bond acceptors (Lipinski definition) is 4. The third-order valence-corrected chi connectivity index (χ3v) is 3.75. The average Bonchev–Trinajstić information content (AvgIpc) is 2.66. The fourth-order valence-corrected chi connectivity index (χ4v) is 2.86. The summed E-state index contributed by atoms with van der Waals surface area (Å²) in [6.07, 6.45) is 2.59. The van der Waals surface area contributed by atoms with E-state index in [1.54, 1.807) is 0 Å². The molecule has 0 saturated carbocycles. The first-order valence-electron chi connectivity index (χ1n) is 5.00. The molecular formula is C8H12IN5. The summed E-state index contributed by atoms with van der Waals surface area (Å²) in [6, 6.07) is 0.466. The molecule has 3 aliphatic rings. The molecule has 0 aliphatic carbocycles. The van der Waals surface area contributed by atoms with Gasteiger partial charge in [-0.05, 0) is 37.1 Å². The normalized spacial score (nSPS) is 36.2. The molecular weight excluding hydrogens is 293 g/mol. The number of aromatic nitrogens is 4. The smallest absolute Gasteiger partial charge is 0.234 e. The number of piperidine rings is 3. The Morgan fingerprint density at radius 3 is 2.57 bits per heavy atom. The summed E-state index contributed by atoms with van der Waals surface area (Å²) in [4.78, 5) is 4.32. The Labute approximate surface area is 96.0 Å². The Hall–Kier alpha value is -0.240. The Morgan fingerprint density at radius 1 is 1.29 bits per heavy atom. The molecule has 0 spiro atoms. The third kappa shape index (κ3) is 1.44. The van der Waals surface area contributed by atoms with Crippen LogP contribution in [0.15, 0.2) is 0 Å². The van der Waals surface area contributed by atoms with Crippen molar-refractivity contribution >= 4 is 22.6 Å². The monoisotopic (exact) mass is 305 g/mol. The topological polar surface area (TPSA) is 46.8 Å². The Balaban J connectivity index is 1.85. The summed E-state index contributed by atoms with van der Waals surface area (Å²) in [7, 11) is 0. The van der Waals surface area contributed by atoms with Crippen molar-refractivity contribution in [3.8, 4) is 0 Å². The lowest BCUT2D eigenvalue weighted by molar-refractivity contribution is 0.0434. The molecule has 0 N–H and O–H groups in total. The van der Waals surface area contributed by atoms with Crippen molar-refractivity contribution in [2.24, 2.45) is 5.92 Å². The molecule has 76 valence electrons. The average molecular weight is 305 g/mol. The first kappa shape index (κ1) is 9.02. The summed E-state index contributed by atoms with van der Waals surface area (Å²) in [5.41, 5.74) is 0. The molecule has 1 unspecified atom stereocenters. The van der Waals surface area contributed by atoms with Crippen molar-refractivity contribution in [1.82, 2.24) is 25.1 Å². The highest BCUT2D eigenvalue weighted by molar-refractivity contribution is 14.1. The van der Waals surface area contributed by atoms with Gasteiger partial charge in [-0.2, -0.15) is 4.80 Å². The van der Waals surface area contributed by atoms with E-state index in [9.17, 15) is 0 Å². The minimum Gasteiger partial charge on any atom is -0.301 e. The summed E-state index contributed by atoms with van der Waals surface area (Å²) in [6.45, 7) is 3.62. The van der Waals surface area contributed by atoms with Crippen molar-refractivity contribution in [3.63, 3.8) is 0 Å². The van der Waals surface area contributed by atoms with E-state index in [0.29, 0.717) is 6.04 Å². The summed E-state index contributed by atoms with van der Waals surface area (Å²) >= 11 is 2.11. The molecule has 0 aromatic carbocycles. The van der Waals surface area contributed by atoms with Crippen LogP contribution in [-0.2, 0) is 0 Å². The van der Waals surface area contributed by atoms with E-state index in [-0.39, 0.29) is 0 Å². The fraction of sp³-hybridized carbons (Fsp3) is 0.875. The second-order valence-corrected chi connectivity index (χ2v) is 5.05. The van der Waals surface area contributed by atoms with Gasteiger partial charge in [0.2, 0.25) is 3.83 Å². The van der Waals surface area contributed by atoms with Crippen LogP contribution in [0.4, 0.5) is 0 Å². The van der Waals surface area contributed by atoms with Gasteiger partial charge in [0, 0.05) is 29.1 Å². The van der Waals surface area contributed by atoms with Gasteiger partial charge in [-0.1, -0.05) is 0 Å². The number of tetrazole rings is 1. The number of rotatable bonds is 1. The number of hydrogen-bond donors (Lipinski definition) is 0. The standard InChI is InChI=1S/C8H12IN5/c9-8-10-12-14(11-8)7-5-13-3-1-6(7)2-4-13/h6-7H,1-5H2. The molecule has 3 fully saturated rings. The molecule has 1 aromatic rings. The zero-order valence-electron chi connectivity index (χ0n) is 7.80. The van der Waals surface area contributed by atoms with Crippen molar-refractivity contribution in [2.45, 2.75) is 18.9 Å². The predicted molar refractivity (Wildman–Crippen MR) is 58.7 cm³/mol. The highest BCUT2D eigenvalue weighted by atomic mass is 127. The molecule has 6 heteroatoms. The lowest BCUT2D eigenvalue weighted by atomic mass is 9.84. The maximum Gasteiger partial charge on any atom is 0.234 e. The lowest BCUT2D eigenvalue weighted by Crippen LogP contribution is -2.48. The van der Waals surface area contributed by atoms with Crippen LogP contribution in [-0.4, -0.2) is 44.7 Å². The molecule has 0 radical (unpaired) electrons. The summed E-state index contributed by atoms with van der Waals surface area (Å²) in [5.74, 6) is 0.769. The first-order valence-corrected chi connectivity index (χ1v) is 6.08. The Bertz CT molecular complexity index is 330. The highest BCUT2D eigenvalue weighted by Crippen LogP contribution is 2.34. The van der Waals surface area contributed by atoms with Gasteiger partial charge in [0.15, 0.2) is 0 Å². The molecule has 1 aromatic heterocycles. The van der Waals surface area contributed by atoms with Crippen LogP contribution >= 0.6 is 22.6 Å². The molecule has 0 amide bonds. The lowest BCUT2D eigenvalue weighted by Gasteiger charge is -2.43. The van der Waals surface area contributed by atoms with Gasteiger partial charge in [0.1, 0.15) is 0 Å². The van der Waals surface area contributed by atoms with Gasteiger partial charge in [-0.15, -0.1) is 10.2 Å². The van der Waals surface area contributed by atoms with Crippen LogP contribution in [0.5, 0.6) is 0 Å². The maximum atomic E-state index is 4.31. The zero-order chi connectivity index (χ0) is 9.54. The van der Waals surface area contributed by atoms with Crippen molar-refractivity contribution < 1.29 is 0 Å². The van der Waals surface area contributed by atoms with Gasteiger partial charge in [0.05, 0.1) is 6.04 Å². The van der Waals surface area contributed by atoms with Crippen LogP contribution in [0.2, 0.25) is 0 Å². The van der Waals surface area contributed by atoms with Crippen molar-refractivity contribution in [3.05, 3.63) is 3.83 Å². The van der Waals surface area contributed by atoms with E-state index in [2.05, 4.69) is 42.9 Å². The number of halogens is 1. The second-order valence-electron chi connectivity index (χ2n) is 4.08. The molecule has 1 atom stereocenters. The molecule has 4 rings (SSSR count). The molecule has 2 bridgehead atoms. The van der Waals surface area contributed by atoms with E-state index in [1.807, 2.05) is 4.80 Å². The maximum absolute atomic E-state index is 4.31. The SMILES string of the molecule is Ic1nnn(C2CN3CCC2CC3)n1. The van der Waals surface area contributed by atoms with Gasteiger partial charge in [-0.3, -0.25) is 0 Å². The molecule has 4 heterocycles. The van der Waals surface area contributed by atoms with E-state index in [4.69, 9.17) is 0 Å². The Kier molecular flexibility index (Phi) is 2.19. The minimum atomic E-state index is 0.466. The highest BCUT2D eigenvalue weighted by Gasteiger charge is 2.36. The number of fused-ring (bicyclic) bond motifs is 3. The molecule has 5 nitrogen and oxygen atoms in total. The van der Waals surface area contributed by atoms with Crippen LogP contribution < -0.4 is 0 Å². The summed E-state index contributed by atoms with van der Waals surface area (Å²) in [5, 5.41) is 12.3. The van der Waals surface area contributed by atoms with E-state index >= 15 is 0 Å². The van der Waals surface area contributed by atoms with Gasteiger partial charge in [0.25, 0.3) is 0 Å². The van der Waals surface area contributed by atoms with Gasteiger partial charge >= 0.3 is 0 Å². The number of nitrogens with zero attached hydrogens (tertiary/aromatic N) is 5. The molecule has 14 heavy (non-hydrogen) atoms. The van der Waals surface area contributed by atoms with Crippen LogP contribution in [0.3, 0.4) is 0 Å². The van der Waals surface area contributed by atoms with Crippen LogP contribution in [0.1, 0.15) is 18.9 Å². The van der Waals surface area contributed by atoms with E-state index < -0.39 is 0 Å². The third-order valence-electron chi connectivity index (χ3n) is 3.32. The van der Waals surface area contributed by atoms with Crippen LogP contribution in [0, 0.1) is 9.75 Å². The second kappa shape index (κ2) is 3.41. The molecule has 3 aliphatic heterocycles. The van der Waals surface area contributed by atoms with E-state index in [1.165, 1.54) is 25.9 Å². The van der Waals surface area contributed by atoms with Crippen LogP contribution in [0.25, 0.3) is 0 Å². The van der Waals surface area contributed by atoms with Crippen molar-refractivity contribution in [1.29, 1.82) is 0 Å². The van der Waals surface area contributed by atoms with Crippen molar-refractivity contribution in [2.75, 3.05) is 19.6 Å². The van der Waals surface area contributed by atoms with Gasteiger partial charge < -0.3 is 4.90 Å². The largest absolute Gasteiger partial charge is 0.301 e. The van der Waals surface area contributed by atoms with Gasteiger partial charge in [-0.25, -0.2) is 0 Å². The Morgan fingerprint density at radius 2 is 2.07 bits per heavy atom. The fourth-order valence-electron chi connectivity index (χ4n) is 2.54. The first-order chi connectivity index (χ1) is 6.83. The quantitative estimate of drug-likeness (QED) is 0.711. The zero-order valence-corrected chi connectivity index (χ0v) is 9.96. The molecule has 3 saturated heterocycles. The summed E-state index contributed by atoms with van der Waals surface area (Å²) < 4.78 is 0.749. The predicted octanol–water partition coefficient (Wildman–Crippen LogP) is 0.544. The minimum absolute atomic E-state index is 0.466.